The van der Waals surface area contributed by atoms with E-state index in [0.717, 1.165) is 47.9 Å². The van der Waals surface area contributed by atoms with E-state index in [1.807, 2.05) is 12.1 Å². The van der Waals surface area contributed by atoms with Crippen LogP contribution in [0.5, 0.6) is 0 Å². The highest BCUT2D eigenvalue weighted by Crippen LogP contribution is 2.35. The number of carbonyl (C=O) groups is 1. The second kappa shape index (κ2) is 7.14. The first-order valence-electron chi connectivity index (χ1n) is 9.32. The molecule has 28 heavy (non-hydrogen) atoms. The van der Waals surface area contributed by atoms with Gasteiger partial charge in [-0.2, -0.15) is 4.31 Å². The average molecular weight is 401 g/mol. The molecule has 8 nitrogen and oxygen atoms in total. The lowest BCUT2D eigenvalue weighted by atomic mass is 9.99. The molecule has 0 saturated carbocycles. The van der Waals surface area contributed by atoms with Gasteiger partial charge in [-0.15, -0.1) is 0 Å². The minimum absolute atomic E-state index is 0.182. The van der Waals surface area contributed by atoms with Crippen LogP contribution >= 0.6 is 0 Å². The number of hydrogen-bond acceptors (Lipinski definition) is 5. The zero-order valence-electron chi connectivity index (χ0n) is 15.7. The summed E-state index contributed by atoms with van der Waals surface area (Å²) in [7, 11) is -3.26. The number of anilines is 1. The molecule has 9 heteroatoms. The molecule has 0 spiro atoms. The standard InChI is InChI=1S/C19H23N5O3S/c1-28(26,27)24-7-3-5-17(24)16-9-14(10-21-11-16)15-8-13-4-2-6-23(19(20)25)18(13)22-12-15/h8-12,17H,2-7H2,1H3,(H2,20,25). The predicted octanol–water partition coefficient (Wildman–Crippen LogP) is 2.07. The van der Waals surface area contributed by atoms with Crippen LogP contribution in [0.4, 0.5) is 10.6 Å². The Morgan fingerprint density at radius 1 is 1.14 bits per heavy atom. The van der Waals surface area contributed by atoms with E-state index in [2.05, 4.69) is 9.97 Å². The molecular weight excluding hydrogens is 378 g/mol. The van der Waals surface area contributed by atoms with Crippen molar-refractivity contribution in [3.05, 3.63) is 41.9 Å². The van der Waals surface area contributed by atoms with Crippen LogP contribution in [0.15, 0.2) is 30.7 Å². The molecule has 1 saturated heterocycles. The number of nitrogens with zero attached hydrogens (tertiary/aromatic N) is 4. The van der Waals surface area contributed by atoms with E-state index >= 15 is 0 Å². The van der Waals surface area contributed by atoms with Gasteiger partial charge in [-0.25, -0.2) is 18.2 Å². The van der Waals surface area contributed by atoms with Crippen molar-refractivity contribution in [2.75, 3.05) is 24.2 Å². The molecule has 2 aliphatic rings. The Hall–Kier alpha value is -2.52. The SMILES string of the molecule is CS(=O)(=O)N1CCCC1c1cncc(-c2cnc3c(c2)CCCN3C(N)=O)c1. The molecule has 2 aromatic rings. The lowest BCUT2D eigenvalue weighted by Crippen LogP contribution is -2.40. The third kappa shape index (κ3) is 3.47. The number of rotatable bonds is 3. The van der Waals surface area contributed by atoms with Crippen molar-refractivity contribution in [1.82, 2.24) is 14.3 Å². The molecule has 2 aromatic heterocycles. The molecule has 0 aromatic carbocycles. The molecule has 1 unspecified atom stereocenters. The summed E-state index contributed by atoms with van der Waals surface area (Å²) in [5, 5.41) is 0. The van der Waals surface area contributed by atoms with Gasteiger partial charge in [0.2, 0.25) is 10.0 Å². The molecule has 2 N–H and O–H groups in total. The molecule has 2 aliphatic heterocycles. The topological polar surface area (TPSA) is 109 Å². The fraction of sp³-hybridized carbons (Fsp3) is 0.421. The summed E-state index contributed by atoms with van der Waals surface area (Å²) in [5.74, 6) is 0.616. The van der Waals surface area contributed by atoms with Crippen molar-refractivity contribution in [2.24, 2.45) is 5.73 Å². The van der Waals surface area contributed by atoms with Crippen molar-refractivity contribution >= 4 is 21.9 Å². The van der Waals surface area contributed by atoms with Gasteiger partial charge in [0.25, 0.3) is 0 Å². The van der Waals surface area contributed by atoms with Crippen LogP contribution in [0.2, 0.25) is 0 Å². The highest BCUT2D eigenvalue weighted by atomic mass is 32.2. The van der Waals surface area contributed by atoms with E-state index in [9.17, 15) is 13.2 Å². The maximum atomic E-state index is 12.1. The molecule has 4 heterocycles. The van der Waals surface area contributed by atoms with Crippen LogP contribution in [0.1, 0.15) is 36.4 Å². The average Bonchev–Trinajstić information content (AvgIpc) is 3.17. The van der Waals surface area contributed by atoms with Crippen molar-refractivity contribution in [3.8, 4) is 11.1 Å². The van der Waals surface area contributed by atoms with Crippen molar-refractivity contribution in [3.63, 3.8) is 0 Å². The molecule has 1 fully saturated rings. The summed E-state index contributed by atoms with van der Waals surface area (Å²) in [6.45, 7) is 1.12. The van der Waals surface area contributed by atoms with Gasteiger partial charge < -0.3 is 5.73 Å². The number of sulfonamides is 1. The van der Waals surface area contributed by atoms with Crippen molar-refractivity contribution in [1.29, 1.82) is 0 Å². The zero-order chi connectivity index (χ0) is 19.9. The predicted molar refractivity (Wildman–Crippen MR) is 106 cm³/mol. The fourth-order valence-electron chi connectivity index (χ4n) is 4.10. The quantitative estimate of drug-likeness (QED) is 0.847. The highest BCUT2D eigenvalue weighted by molar-refractivity contribution is 7.88. The number of primary amides is 1. The van der Waals surface area contributed by atoms with Crippen LogP contribution in [0.3, 0.4) is 0 Å². The Bertz CT molecular complexity index is 1020. The first-order valence-corrected chi connectivity index (χ1v) is 11.2. The molecule has 2 amide bonds. The summed E-state index contributed by atoms with van der Waals surface area (Å²) in [6, 6.07) is 3.32. The number of fused-ring (bicyclic) bond motifs is 1. The lowest BCUT2D eigenvalue weighted by molar-refractivity contribution is 0.253. The van der Waals surface area contributed by atoms with Crippen LogP contribution in [0, 0.1) is 0 Å². The number of carbonyl (C=O) groups excluding carboxylic acids is 1. The number of hydrogen-bond donors (Lipinski definition) is 1. The van der Waals surface area contributed by atoms with Crippen LogP contribution in [0.25, 0.3) is 11.1 Å². The van der Waals surface area contributed by atoms with Gasteiger partial charge in [-0.1, -0.05) is 0 Å². The minimum Gasteiger partial charge on any atom is -0.351 e. The van der Waals surface area contributed by atoms with Crippen molar-refractivity contribution in [2.45, 2.75) is 31.7 Å². The summed E-state index contributed by atoms with van der Waals surface area (Å²) in [4.78, 5) is 21.9. The van der Waals surface area contributed by atoms with Gasteiger partial charge in [-0.3, -0.25) is 9.88 Å². The molecule has 1 atom stereocenters. The van der Waals surface area contributed by atoms with Gasteiger partial charge >= 0.3 is 6.03 Å². The van der Waals surface area contributed by atoms with Crippen LogP contribution < -0.4 is 10.6 Å². The Labute approximate surface area is 164 Å². The van der Waals surface area contributed by atoms with Gasteiger partial charge in [0, 0.05) is 42.8 Å². The molecule has 0 aliphatic carbocycles. The Balaban J connectivity index is 1.68. The number of aryl methyl sites for hydroxylation is 1. The number of nitrogens with two attached hydrogens (primary N) is 1. The summed E-state index contributed by atoms with van der Waals surface area (Å²) in [6.07, 6.45) is 9.74. The molecule has 0 bridgehead atoms. The van der Waals surface area contributed by atoms with E-state index in [1.54, 1.807) is 22.9 Å². The van der Waals surface area contributed by atoms with Gasteiger partial charge in [0.15, 0.2) is 0 Å². The first kappa shape index (κ1) is 18.8. The normalized spacial score (nSPS) is 20.2. The van der Waals surface area contributed by atoms with E-state index < -0.39 is 16.1 Å². The van der Waals surface area contributed by atoms with E-state index in [0.29, 0.717) is 18.9 Å². The number of pyridine rings is 2. The number of amides is 2. The number of urea groups is 1. The maximum Gasteiger partial charge on any atom is 0.320 e. The zero-order valence-corrected chi connectivity index (χ0v) is 16.5. The second-order valence-electron chi connectivity index (χ2n) is 7.34. The van der Waals surface area contributed by atoms with E-state index in [-0.39, 0.29) is 6.04 Å². The summed E-state index contributed by atoms with van der Waals surface area (Å²) >= 11 is 0. The van der Waals surface area contributed by atoms with Crippen LogP contribution in [-0.2, 0) is 16.4 Å². The van der Waals surface area contributed by atoms with Gasteiger partial charge in [0.05, 0.1) is 12.3 Å². The second-order valence-corrected chi connectivity index (χ2v) is 9.27. The van der Waals surface area contributed by atoms with E-state index in [1.165, 1.54) is 11.2 Å². The molecule has 0 radical (unpaired) electrons. The smallest absolute Gasteiger partial charge is 0.320 e. The highest BCUT2D eigenvalue weighted by Gasteiger charge is 2.33. The largest absolute Gasteiger partial charge is 0.351 e. The van der Waals surface area contributed by atoms with Gasteiger partial charge in [-0.05, 0) is 48.9 Å². The summed E-state index contributed by atoms with van der Waals surface area (Å²) < 4.78 is 25.7. The van der Waals surface area contributed by atoms with Gasteiger partial charge in [0.1, 0.15) is 5.82 Å². The van der Waals surface area contributed by atoms with E-state index in [4.69, 9.17) is 5.73 Å². The van der Waals surface area contributed by atoms with Crippen LogP contribution in [-0.4, -0.2) is 48.1 Å². The number of aromatic nitrogens is 2. The molecule has 4 rings (SSSR count). The third-order valence-electron chi connectivity index (χ3n) is 5.40. The molecular formula is C19H23N5O3S. The molecule has 148 valence electrons. The fourth-order valence-corrected chi connectivity index (χ4v) is 5.25. The van der Waals surface area contributed by atoms with Crippen molar-refractivity contribution < 1.29 is 13.2 Å². The Morgan fingerprint density at radius 3 is 2.68 bits per heavy atom. The first-order chi connectivity index (χ1) is 13.3. The minimum atomic E-state index is -3.26. The third-order valence-corrected chi connectivity index (χ3v) is 6.69. The lowest BCUT2D eigenvalue weighted by Gasteiger charge is -2.27. The summed E-state index contributed by atoms with van der Waals surface area (Å²) in [5.41, 5.74) is 9.09. The monoisotopic (exact) mass is 401 g/mol. The Morgan fingerprint density at radius 2 is 1.93 bits per heavy atom. The maximum absolute atomic E-state index is 12.1. The Kier molecular flexibility index (Phi) is 4.80.